The predicted molar refractivity (Wildman–Crippen MR) is 91.5 cm³/mol. The van der Waals surface area contributed by atoms with Crippen LogP contribution in [-0.2, 0) is 6.61 Å². The molecular weight excluding hydrogens is 307 g/mol. The molecule has 0 bridgehead atoms. The van der Waals surface area contributed by atoms with Gasteiger partial charge in [0.15, 0.2) is 0 Å². The van der Waals surface area contributed by atoms with E-state index < -0.39 is 0 Å². The number of aryl methyl sites for hydroxylation is 1. The van der Waals surface area contributed by atoms with Crippen molar-refractivity contribution in [2.45, 2.75) is 13.5 Å². The molecule has 0 atom stereocenters. The van der Waals surface area contributed by atoms with Crippen LogP contribution in [0, 0.1) is 12.7 Å². The van der Waals surface area contributed by atoms with Crippen LogP contribution >= 0.6 is 0 Å². The van der Waals surface area contributed by atoms with E-state index in [4.69, 9.17) is 10.5 Å². The Bertz CT molecular complexity index is 856. The van der Waals surface area contributed by atoms with Crippen molar-refractivity contribution in [3.05, 3.63) is 77.4 Å². The number of benzene rings is 2. The zero-order valence-corrected chi connectivity index (χ0v) is 13.2. The quantitative estimate of drug-likeness (QED) is 0.732. The first-order valence-electron chi connectivity index (χ1n) is 7.43. The molecule has 2 aromatic carbocycles. The summed E-state index contributed by atoms with van der Waals surface area (Å²) in [7, 11) is 0. The van der Waals surface area contributed by atoms with Gasteiger partial charge in [0.25, 0.3) is 0 Å². The maximum atomic E-state index is 13.1. The summed E-state index contributed by atoms with van der Waals surface area (Å²) in [5.41, 5.74) is 8.45. The van der Waals surface area contributed by atoms with E-state index in [9.17, 15) is 4.39 Å². The van der Waals surface area contributed by atoms with E-state index in [0.29, 0.717) is 18.3 Å². The Kier molecular flexibility index (Phi) is 4.56. The van der Waals surface area contributed by atoms with Gasteiger partial charge < -0.3 is 10.5 Å². The fraction of sp³-hybridized carbons (Fsp3) is 0.111. The summed E-state index contributed by atoms with van der Waals surface area (Å²) in [6.45, 7) is 2.23. The molecule has 3 rings (SSSR count). The number of nitrogens with two attached hydrogens (primary N) is 1. The van der Waals surface area contributed by atoms with Gasteiger partial charge in [0.2, 0.25) is 5.95 Å². The molecule has 5 nitrogen and oxygen atoms in total. The molecule has 0 radical (unpaired) electrons. The van der Waals surface area contributed by atoms with Crippen molar-refractivity contribution in [3.63, 3.8) is 0 Å². The van der Waals surface area contributed by atoms with Gasteiger partial charge >= 0.3 is 0 Å². The van der Waals surface area contributed by atoms with Crippen LogP contribution < -0.4 is 10.5 Å². The summed E-state index contributed by atoms with van der Waals surface area (Å²) < 4.78 is 20.2. The molecule has 24 heavy (non-hydrogen) atoms. The van der Waals surface area contributed by atoms with E-state index in [0.717, 1.165) is 16.8 Å². The highest BCUT2D eigenvalue weighted by Crippen LogP contribution is 2.14. The molecule has 0 unspecified atom stereocenters. The summed E-state index contributed by atoms with van der Waals surface area (Å²) >= 11 is 0. The van der Waals surface area contributed by atoms with E-state index >= 15 is 0 Å². The van der Waals surface area contributed by atoms with Crippen molar-refractivity contribution >= 4 is 12.2 Å². The second-order valence-corrected chi connectivity index (χ2v) is 5.32. The number of imidazole rings is 1. The number of aromatic nitrogens is 2. The second kappa shape index (κ2) is 6.95. The number of nitrogens with zero attached hydrogens (tertiary/aromatic N) is 3. The molecule has 2 N–H and O–H groups in total. The van der Waals surface area contributed by atoms with Crippen LogP contribution in [-0.4, -0.2) is 15.9 Å². The smallest absolute Gasteiger partial charge is 0.221 e. The topological polar surface area (TPSA) is 65.4 Å². The number of hydrogen-bond acceptors (Lipinski definition) is 4. The molecule has 0 aliphatic heterocycles. The minimum atomic E-state index is -0.312. The van der Waals surface area contributed by atoms with Gasteiger partial charge in [-0.1, -0.05) is 30.3 Å². The summed E-state index contributed by atoms with van der Waals surface area (Å²) in [5, 5.41) is 4.26. The minimum absolute atomic E-state index is 0.312. The maximum Gasteiger partial charge on any atom is 0.221 e. The van der Waals surface area contributed by atoms with E-state index in [1.54, 1.807) is 24.5 Å². The number of halogens is 1. The van der Waals surface area contributed by atoms with Crippen LogP contribution in [0.25, 0.3) is 0 Å². The molecule has 6 heteroatoms. The fourth-order valence-corrected chi connectivity index (χ4v) is 2.15. The third kappa shape index (κ3) is 3.98. The highest BCUT2D eigenvalue weighted by atomic mass is 19.1. The Morgan fingerprint density at radius 2 is 2.04 bits per heavy atom. The lowest BCUT2D eigenvalue weighted by Crippen LogP contribution is -1.98. The van der Waals surface area contributed by atoms with Gasteiger partial charge in [0, 0.05) is 6.07 Å². The van der Waals surface area contributed by atoms with E-state index in [1.165, 1.54) is 16.8 Å². The van der Waals surface area contributed by atoms with Crippen LogP contribution in [0.2, 0.25) is 0 Å². The van der Waals surface area contributed by atoms with Crippen LogP contribution in [0.1, 0.15) is 16.8 Å². The first-order valence-corrected chi connectivity index (χ1v) is 7.43. The van der Waals surface area contributed by atoms with Crippen LogP contribution in [0.15, 0.2) is 59.8 Å². The molecule has 0 amide bonds. The van der Waals surface area contributed by atoms with Gasteiger partial charge in [0.05, 0.1) is 18.1 Å². The molecule has 3 aromatic rings. The Balaban J connectivity index is 1.62. The minimum Gasteiger partial charge on any atom is -0.489 e. The van der Waals surface area contributed by atoms with Crippen LogP contribution in [0.3, 0.4) is 0 Å². The fourth-order valence-electron chi connectivity index (χ4n) is 2.15. The highest BCUT2D eigenvalue weighted by Gasteiger charge is 2.00. The predicted octanol–water partition coefficient (Wildman–Crippen LogP) is 3.37. The van der Waals surface area contributed by atoms with Crippen molar-refractivity contribution in [3.8, 4) is 5.75 Å². The van der Waals surface area contributed by atoms with E-state index in [1.807, 2.05) is 31.2 Å². The number of hydrogen-bond donors (Lipinski definition) is 1. The Hall–Kier alpha value is -3.15. The normalized spacial score (nSPS) is 11.1. The third-order valence-corrected chi connectivity index (χ3v) is 3.35. The number of anilines is 1. The molecule has 0 fully saturated rings. The van der Waals surface area contributed by atoms with Crippen molar-refractivity contribution < 1.29 is 9.13 Å². The van der Waals surface area contributed by atoms with Crippen molar-refractivity contribution in [1.82, 2.24) is 9.66 Å². The molecule has 0 aliphatic carbocycles. The lowest BCUT2D eigenvalue weighted by atomic mass is 10.1. The SMILES string of the molecule is Cc1cn(N=Cc2ccc(COc3cccc(F)c3)cc2)c(N)n1. The Morgan fingerprint density at radius 1 is 1.25 bits per heavy atom. The van der Waals surface area contributed by atoms with Gasteiger partial charge in [-0.2, -0.15) is 5.10 Å². The van der Waals surface area contributed by atoms with Crippen LogP contribution in [0.5, 0.6) is 5.75 Å². The summed E-state index contributed by atoms with van der Waals surface area (Å²) in [5.74, 6) is 0.545. The average molecular weight is 324 g/mol. The van der Waals surface area contributed by atoms with Gasteiger partial charge in [-0.15, -0.1) is 0 Å². The van der Waals surface area contributed by atoms with Crippen LogP contribution in [0.4, 0.5) is 10.3 Å². The lowest BCUT2D eigenvalue weighted by Gasteiger charge is -2.06. The standard InChI is InChI=1S/C18H17FN4O/c1-13-11-23(18(20)22-13)21-10-14-5-7-15(8-6-14)12-24-17-4-2-3-16(19)9-17/h2-11H,12H2,1H3,(H2,20,22). The molecule has 1 aromatic heterocycles. The molecule has 1 heterocycles. The third-order valence-electron chi connectivity index (χ3n) is 3.35. The van der Waals surface area contributed by atoms with E-state index in [-0.39, 0.29) is 5.82 Å². The summed E-state index contributed by atoms with van der Waals surface area (Å²) in [4.78, 5) is 4.08. The Labute approximate surface area is 139 Å². The summed E-state index contributed by atoms with van der Waals surface area (Å²) in [6.07, 6.45) is 3.46. The molecule has 0 saturated carbocycles. The maximum absolute atomic E-state index is 13.1. The second-order valence-electron chi connectivity index (χ2n) is 5.32. The molecule has 0 spiro atoms. The number of rotatable bonds is 5. The molecule has 0 saturated heterocycles. The molecule has 122 valence electrons. The molecular formula is C18H17FN4O. The van der Waals surface area contributed by atoms with Gasteiger partial charge in [-0.3, -0.25) is 0 Å². The summed E-state index contributed by atoms with van der Waals surface area (Å²) in [6, 6.07) is 13.8. The number of ether oxygens (including phenoxy) is 1. The number of nitrogen functional groups attached to an aromatic ring is 1. The van der Waals surface area contributed by atoms with Crippen molar-refractivity contribution in [1.29, 1.82) is 0 Å². The van der Waals surface area contributed by atoms with Crippen molar-refractivity contribution in [2.75, 3.05) is 5.73 Å². The monoisotopic (exact) mass is 324 g/mol. The highest BCUT2D eigenvalue weighted by molar-refractivity contribution is 5.79. The first-order chi connectivity index (χ1) is 11.6. The first kappa shape index (κ1) is 15.7. The molecule has 0 aliphatic rings. The van der Waals surface area contributed by atoms with E-state index in [2.05, 4.69) is 10.1 Å². The Morgan fingerprint density at radius 3 is 2.71 bits per heavy atom. The lowest BCUT2D eigenvalue weighted by molar-refractivity contribution is 0.304. The van der Waals surface area contributed by atoms with Gasteiger partial charge in [-0.05, 0) is 30.2 Å². The average Bonchev–Trinajstić information content (AvgIpc) is 2.90. The zero-order chi connectivity index (χ0) is 16.9. The zero-order valence-electron chi connectivity index (χ0n) is 13.2. The van der Waals surface area contributed by atoms with Gasteiger partial charge in [-0.25, -0.2) is 14.1 Å². The van der Waals surface area contributed by atoms with Crippen molar-refractivity contribution in [2.24, 2.45) is 5.10 Å². The largest absolute Gasteiger partial charge is 0.489 e. The van der Waals surface area contributed by atoms with Gasteiger partial charge in [0.1, 0.15) is 18.2 Å².